The number of nitrogens with one attached hydrogen (secondary N) is 2. The van der Waals surface area contributed by atoms with Crippen LogP contribution in [0.2, 0.25) is 0 Å². The van der Waals surface area contributed by atoms with Gasteiger partial charge in [-0.15, -0.1) is 0 Å². The zero-order valence-corrected chi connectivity index (χ0v) is 13.7. The average Bonchev–Trinajstić information content (AvgIpc) is 2.98. The van der Waals surface area contributed by atoms with E-state index in [0.29, 0.717) is 12.1 Å². The largest absolute Gasteiger partial charge is 0.480 e. The van der Waals surface area contributed by atoms with Gasteiger partial charge < -0.3 is 15.4 Å². The summed E-state index contributed by atoms with van der Waals surface area (Å²) in [7, 11) is 0. The van der Waals surface area contributed by atoms with Crippen LogP contribution >= 0.6 is 0 Å². The van der Waals surface area contributed by atoms with Crippen molar-refractivity contribution in [3.05, 3.63) is 59.7 Å². The molecule has 3 rings (SSSR count). The monoisotopic (exact) mass is 324 g/mol. The molecule has 0 saturated carbocycles. The van der Waals surface area contributed by atoms with Crippen LogP contribution in [0.1, 0.15) is 31.0 Å². The molecular weight excluding hydrogens is 304 g/mol. The number of anilines is 1. The fourth-order valence-electron chi connectivity index (χ4n) is 2.81. The maximum atomic E-state index is 12.5. The van der Waals surface area contributed by atoms with Crippen LogP contribution in [0.25, 0.3) is 0 Å². The number of carbonyl (C=O) groups is 2. The maximum absolute atomic E-state index is 12.5. The van der Waals surface area contributed by atoms with Gasteiger partial charge in [-0.3, -0.25) is 9.59 Å². The lowest BCUT2D eigenvalue weighted by Gasteiger charge is -2.18. The van der Waals surface area contributed by atoms with Crippen LogP contribution in [-0.4, -0.2) is 17.9 Å². The van der Waals surface area contributed by atoms with Crippen molar-refractivity contribution in [1.29, 1.82) is 0 Å². The summed E-state index contributed by atoms with van der Waals surface area (Å²) in [5, 5.41) is 5.72. The molecule has 0 aliphatic carbocycles. The van der Waals surface area contributed by atoms with Crippen molar-refractivity contribution < 1.29 is 14.3 Å². The first-order chi connectivity index (χ1) is 11.5. The summed E-state index contributed by atoms with van der Waals surface area (Å²) in [4.78, 5) is 23.6. The highest BCUT2D eigenvalue weighted by Gasteiger charge is 2.29. The molecule has 2 atom stereocenters. The van der Waals surface area contributed by atoms with E-state index in [-0.39, 0.29) is 17.9 Å². The number of hydrogen-bond donors (Lipinski definition) is 2. The van der Waals surface area contributed by atoms with Gasteiger partial charge in [-0.2, -0.15) is 0 Å². The second-order valence-corrected chi connectivity index (χ2v) is 5.96. The molecule has 0 unspecified atom stereocenters. The molecule has 0 spiro atoms. The number of hydrogen-bond acceptors (Lipinski definition) is 3. The highest BCUT2D eigenvalue weighted by molar-refractivity contribution is 5.88. The maximum Gasteiger partial charge on any atom is 0.261 e. The number of para-hydroxylation sites is 1. The minimum atomic E-state index is -0.497. The number of fused-ring (bicyclic) bond motifs is 1. The lowest BCUT2D eigenvalue weighted by atomic mass is 10.1. The third-order valence-electron chi connectivity index (χ3n) is 4.01. The van der Waals surface area contributed by atoms with Gasteiger partial charge in [0.2, 0.25) is 5.91 Å². The highest BCUT2D eigenvalue weighted by atomic mass is 16.5. The zero-order chi connectivity index (χ0) is 17.1. The molecule has 0 radical (unpaired) electrons. The van der Waals surface area contributed by atoms with Crippen molar-refractivity contribution in [1.82, 2.24) is 5.32 Å². The molecule has 124 valence electrons. The van der Waals surface area contributed by atoms with Gasteiger partial charge in [0.1, 0.15) is 5.75 Å². The van der Waals surface area contributed by atoms with Gasteiger partial charge in [-0.1, -0.05) is 30.3 Å². The predicted octanol–water partition coefficient (Wildman–Crippen LogP) is 2.83. The molecule has 0 aromatic heterocycles. The SMILES string of the molecule is CC(=O)Nc1cccc([C@@H](C)NC(=O)[C@H]2Cc3ccccc3O2)c1. The Kier molecular flexibility index (Phi) is 4.51. The normalized spacial score (nSPS) is 16.7. The summed E-state index contributed by atoms with van der Waals surface area (Å²) in [6, 6.07) is 15.0. The summed E-state index contributed by atoms with van der Waals surface area (Å²) in [5.74, 6) is 0.516. The summed E-state index contributed by atoms with van der Waals surface area (Å²) < 4.78 is 5.71. The third-order valence-corrected chi connectivity index (χ3v) is 4.01. The molecule has 0 saturated heterocycles. The summed E-state index contributed by atoms with van der Waals surface area (Å²) >= 11 is 0. The minimum Gasteiger partial charge on any atom is -0.480 e. The Morgan fingerprint density at radius 1 is 1.17 bits per heavy atom. The Morgan fingerprint density at radius 2 is 1.96 bits per heavy atom. The van der Waals surface area contributed by atoms with Crippen LogP contribution in [-0.2, 0) is 16.0 Å². The second-order valence-electron chi connectivity index (χ2n) is 5.96. The Bertz CT molecular complexity index is 748. The van der Waals surface area contributed by atoms with Gasteiger partial charge in [0.05, 0.1) is 6.04 Å². The Hall–Kier alpha value is -2.82. The average molecular weight is 324 g/mol. The van der Waals surface area contributed by atoms with E-state index in [9.17, 15) is 9.59 Å². The first-order valence-corrected chi connectivity index (χ1v) is 7.95. The molecule has 24 heavy (non-hydrogen) atoms. The van der Waals surface area contributed by atoms with Crippen LogP contribution in [0.15, 0.2) is 48.5 Å². The summed E-state index contributed by atoms with van der Waals surface area (Å²) in [6.45, 7) is 3.37. The first kappa shape index (κ1) is 16.1. The van der Waals surface area contributed by atoms with Crippen molar-refractivity contribution in [3.8, 4) is 5.75 Å². The molecule has 2 amide bonds. The molecule has 0 fully saturated rings. The Labute approximate surface area is 141 Å². The number of carbonyl (C=O) groups excluding carboxylic acids is 2. The number of amides is 2. The van der Waals surface area contributed by atoms with Gasteiger partial charge in [0.25, 0.3) is 5.91 Å². The van der Waals surface area contributed by atoms with E-state index in [2.05, 4.69) is 10.6 Å². The highest BCUT2D eigenvalue weighted by Crippen LogP contribution is 2.28. The predicted molar refractivity (Wildman–Crippen MR) is 91.9 cm³/mol. The topological polar surface area (TPSA) is 67.4 Å². The molecule has 1 heterocycles. The van der Waals surface area contributed by atoms with Gasteiger partial charge in [-0.25, -0.2) is 0 Å². The Morgan fingerprint density at radius 3 is 2.71 bits per heavy atom. The first-order valence-electron chi connectivity index (χ1n) is 7.95. The van der Waals surface area contributed by atoms with Crippen LogP contribution in [0.4, 0.5) is 5.69 Å². The Balaban J connectivity index is 1.64. The van der Waals surface area contributed by atoms with E-state index in [1.165, 1.54) is 6.92 Å². The number of benzene rings is 2. The molecule has 2 N–H and O–H groups in total. The molecule has 2 aromatic carbocycles. The van der Waals surface area contributed by atoms with E-state index < -0.39 is 6.10 Å². The van der Waals surface area contributed by atoms with Crippen molar-refractivity contribution in [2.45, 2.75) is 32.4 Å². The fourth-order valence-corrected chi connectivity index (χ4v) is 2.81. The molecule has 1 aliphatic rings. The molecule has 2 aromatic rings. The van der Waals surface area contributed by atoms with E-state index in [4.69, 9.17) is 4.74 Å². The van der Waals surface area contributed by atoms with E-state index in [1.54, 1.807) is 0 Å². The van der Waals surface area contributed by atoms with Crippen molar-refractivity contribution >= 4 is 17.5 Å². The zero-order valence-electron chi connectivity index (χ0n) is 13.7. The third kappa shape index (κ3) is 3.56. The minimum absolute atomic E-state index is 0.124. The number of ether oxygens (including phenoxy) is 1. The van der Waals surface area contributed by atoms with Crippen LogP contribution in [0.3, 0.4) is 0 Å². The second kappa shape index (κ2) is 6.74. The van der Waals surface area contributed by atoms with Crippen molar-refractivity contribution in [2.24, 2.45) is 0 Å². The van der Waals surface area contributed by atoms with E-state index >= 15 is 0 Å². The fraction of sp³-hybridized carbons (Fsp3) is 0.263. The van der Waals surface area contributed by atoms with Crippen molar-refractivity contribution in [2.75, 3.05) is 5.32 Å². The standard InChI is InChI=1S/C19H20N2O3/c1-12(14-7-5-8-16(10-14)21-13(2)22)20-19(23)18-11-15-6-3-4-9-17(15)24-18/h3-10,12,18H,11H2,1-2H3,(H,20,23)(H,21,22)/t12-,18-/m1/s1. The smallest absolute Gasteiger partial charge is 0.261 e. The molecular formula is C19H20N2O3. The van der Waals surface area contributed by atoms with Gasteiger partial charge in [-0.05, 0) is 36.2 Å². The molecule has 0 bridgehead atoms. The molecule has 5 heteroatoms. The lowest BCUT2D eigenvalue weighted by molar-refractivity contribution is -0.127. The van der Waals surface area contributed by atoms with Gasteiger partial charge in [0, 0.05) is 19.0 Å². The van der Waals surface area contributed by atoms with Gasteiger partial charge in [0.15, 0.2) is 6.10 Å². The molecule has 1 aliphatic heterocycles. The van der Waals surface area contributed by atoms with Crippen LogP contribution in [0, 0.1) is 0 Å². The lowest BCUT2D eigenvalue weighted by Crippen LogP contribution is -2.38. The van der Waals surface area contributed by atoms with Crippen LogP contribution in [0.5, 0.6) is 5.75 Å². The quantitative estimate of drug-likeness (QED) is 0.909. The van der Waals surface area contributed by atoms with Crippen LogP contribution < -0.4 is 15.4 Å². The molecule has 5 nitrogen and oxygen atoms in total. The summed E-state index contributed by atoms with van der Waals surface area (Å²) in [6.07, 6.45) is 0.0871. The van der Waals surface area contributed by atoms with Gasteiger partial charge >= 0.3 is 0 Å². The summed E-state index contributed by atoms with van der Waals surface area (Å²) in [5.41, 5.74) is 2.69. The van der Waals surface area contributed by atoms with Crippen molar-refractivity contribution in [3.63, 3.8) is 0 Å². The van der Waals surface area contributed by atoms with E-state index in [1.807, 2.05) is 55.5 Å². The van der Waals surface area contributed by atoms with E-state index in [0.717, 1.165) is 16.9 Å². The number of rotatable bonds is 4.